The minimum atomic E-state index is -0.481. The Labute approximate surface area is 286 Å². The van der Waals surface area contributed by atoms with Crippen molar-refractivity contribution in [2.24, 2.45) is 5.41 Å². The fourth-order valence-corrected chi connectivity index (χ4v) is 7.72. The van der Waals surface area contributed by atoms with Crippen LogP contribution in [-0.2, 0) is 0 Å². The lowest BCUT2D eigenvalue weighted by molar-refractivity contribution is 0.0532. The molecule has 0 aromatic heterocycles. The van der Waals surface area contributed by atoms with Gasteiger partial charge in [-0.25, -0.2) is 4.39 Å². The summed E-state index contributed by atoms with van der Waals surface area (Å²) < 4.78 is 11.1. The number of hydrogen-bond donors (Lipinski definition) is 1. The highest BCUT2D eigenvalue weighted by Gasteiger charge is 2.44. The number of carbonyl (C=O) groups excluding carboxylic acids is 1. The normalized spacial score (nSPS) is 21.2. The molecule has 1 amide bonds. The maximum absolute atomic E-state index is 13.2. The predicted molar refractivity (Wildman–Crippen MR) is 193 cm³/mol. The Morgan fingerprint density at radius 2 is 1.62 bits per heavy atom. The Hall–Kier alpha value is -3.38. The fourth-order valence-electron chi connectivity index (χ4n) is 7.50. The number of allylic oxidation sites excluding steroid dienone is 2. The van der Waals surface area contributed by atoms with Gasteiger partial charge in [0.25, 0.3) is 5.91 Å². The van der Waals surface area contributed by atoms with Crippen molar-refractivity contribution in [3.63, 3.8) is 0 Å². The Morgan fingerprint density at radius 1 is 1.02 bits per heavy atom. The molecule has 4 saturated heterocycles. The van der Waals surface area contributed by atoms with Crippen molar-refractivity contribution in [1.29, 1.82) is 5.26 Å². The number of anilines is 2. The molecule has 4 aliphatic heterocycles. The number of piperazine rings is 1. The third kappa shape index (κ3) is 9.16. The smallest absolute Gasteiger partial charge is 0.253 e. The maximum Gasteiger partial charge on any atom is 0.253 e. The summed E-state index contributed by atoms with van der Waals surface area (Å²) in [5.74, 6) is -0.318. The number of hydrogen-bond acceptors (Lipinski definition) is 6. The molecule has 4 heterocycles. The molecule has 254 valence electrons. The van der Waals surface area contributed by atoms with Crippen LogP contribution in [0.5, 0.6) is 0 Å². The van der Waals surface area contributed by atoms with Crippen molar-refractivity contribution in [2.45, 2.75) is 65.0 Å². The molecule has 1 unspecified atom stereocenters. The van der Waals surface area contributed by atoms with Gasteiger partial charge in [0.05, 0.1) is 10.6 Å². The molecule has 9 heteroatoms. The molecule has 2 aromatic rings. The molecule has 4 fully saturated rings. The molecular weight excluding hydrogens is 611 g/mol. The van der Waals surface area contributed by atoms with Crippen LogP contribution < -0.4 is 15.1 Å². The highest BCUT2D eigenvalue weighted by atomic mass is 35.5. The average Bonchev–Trinajstić information content (AvgIpc) is 3.44. The molecular formula is C38H52ClFN6O. The Balaban J connectivity index is 0.000000655. The Bertz CT molecular complexity index is 1390. The molecule has 1 N–H and O–H groups in total. The van der Waals surface area contributed by atoms with E-state index in [0.717, 1.165) is 89.1 Å². The Morgan fingerprint density at radius 3 is 2.17 bits per heavy atom. The summed E-state index contributed by atoms with van der Waals surface area (Å²) in [7, 11) is 0. The van der Waals surface area contributed by atoms with E-state index in [-0.39, 0.29) is 5.91 Å². The van der Waals surface area contributed by atoms with Crippen LogP contribution in [0.4, 0.5) is 15.8 Å². The fraction of sp³-hybridized carbons (Fsp3) is 0.526. The van der Waals surface area contributed by atoms with E-state index in [2.05, 4.69) is 58.3 Å². The highest BCUT2D eigenvalue weighted by molar-refractivity contribution is 6.32. The molecule has 7 nitrogen and oxygen atoms in total. The number of carbonyl (C=O) groups is 1. The topological polar surface area (TPSA) is 65.9 Å². The summed E-state index contributed by atoms with van der Waals surface area (Å²) in [6, 6.07) is 17.4. The van der Waals surface area contributed by atoms with E-state index < -0.39 is 5.83 Å². The van der Waals surface area contributed by atoms with Crippen molar-refractivity contribution < 1.29 is 9.18 Å². The van der Waals surface area contributed by atoms with Crippen LogP contribution in [-0.4, -0.2) is 86.7 Å². The van der Waals surface area contributed by atoms with Crippen molar-refractivity contribution in [3.05, 3.63) is 83.7 Å². The molecule has 0 radical (unpaired) electrons. The van der Waals surface area contributed by atoms with Crippen LogP contribution in [0.25, 0.3) is 0 Å². The first-order valence-electron chi connectivity index (χ1n) is 17.2. The minimum Gasteiger partial charge on any atom is -0.371 e. The number of amides is 1. The summed E-state index contributed by atoms with van der Waals surface area (Å²) in [4.78, 5) is 22.8. The number of rotatable bonds is 5. The zero-order valence-electron chi connectivity index (χ0n) is 28.5. The second-order valence-corrected chi connectivity index (χ2v) is 13.4. The average molecular weight is 663 g/mol. The van der Waals surface area contributed by atoms with Crippen LogP contribution in [0.2, 0.25) is 5.02 Å². The first-order chi connectivity index (χ1) is 22.7. The van der Waals surface area contributed by atoms with Gasteiger partial charge < -0.3 is 20.0 Å². The van der Waals surface area contributed by atoms with E-state index in [4.69, 9.17) is 11.6 Å². The van der Waals surface area contributed by atoms with Gasteiger partial charge >= 0.3 is 0 Å². The van der Waals surface area contributed by atoms with Crippen molar-refractivity contribution in [1.82, 2.24) is 15.1 Å². The summed E-state index contributed by atoms with van der Waals surface area (Å²) in [6.45, 7) is 21.2. The van der Waals surface area contributed by atoms with Gasteiger partial charge in [-0.05, 0) is 106 Å². The highest BCUT2D eigenvalue weighted by Crippen LogP contribution is 2.46. The van der Waals surface area contributed by atoms with Crippen molar-refractivity contribution >= 4 is 28.9 Å². The standard InChI is InChI=1S/C32H41ClN6O.C4H5F.C2H6/c1-24-21-32(23-39(24)29-7-4-26(22-34)30(33)20-29)10-14-36(15-11-32)27-5-2-25(3-6-27)31(40)38-18-16-37(17-19-38)28-8-12-35-13-9-28;1-3-4(2)5;1-2/h2-7,20,24,28,35H,8-19,21,23H2,1H3;3H,1-2H2;1-2H3. The van der Waals surface area contributed by atoms with Crippen LogP contribution in [0.1, 0.15) is 68.8 Å². The lowest BCUT2D eigenvalue weighted by atomic mass is 9.76. The Kier molecular flexibility index (Phi) is 13.3. The van der Waals surface area contributed by atoms with E-state index in [0.29, 0.717) is 28.1 Å². The zero-order valence-corrected chi connectivity index (χ0v) is 29.2. The van der Waals surface area contributed by atoms with Crippen LogP contribution in [0, 0.1) is 16.7 Å². The first-order valence-corrected chi connectivity index (χ1v) is 17.6. The van der Waals surface area contributed by atoms with Gasteiger partial charge in [-0.1, -0.05) is 38.6 Å². The van der Waals surface area contributed by atoms with Gasteiger partial charge in [0.1, 0.15) is 11.9 Å². The molecule has 6 rings (SSSR count). The van der Waals surface area contributed by atoms with E-state index >= 15 is 0 Å². The largest absolute Gasteiger partial charge is 0.371 e. The number of nitriles is 1. The molecule has 0 saturated carbocycles. The summed E-state index contributed by atoms with van der Waals surface area (Å²) >= 11 is 6.35. The minimum absolute atomic E-state index is 0.164. The number of nitrogens with one attached hydrogen (secondary N) is 1. The predicted octanol–water partition coefficient (Wildman–Crippen LogP) is 7.29. The maximum atomic E-state index is 13.2. The number of benzene rings is 2. The molecule has 2 aromatic carbocycles. The van der Waals surface area contributed by atoms with Crippen molar-refractivity contribution in [3.8, 4) is 6.07 Å². The lowest BCUT2D eigenvalue weighted by Gasteiger charge is -2.41. The number of halogens is 2. The molecule has 4 aliphatic rings. The number of piperidine rings is 2. The van der Waals surface area contributed by atoms with Gasteiger partial charge in [0.15, 0.2) is 0 Å². The summed E-state index contributed by atoms with van der Waals surface area (Å²) in [6.07, 6.45) is 6.98. The van der Waals surface area contributed by atoms with Gasteiger partial charge in [-0.3, -0.25) is 9.69 Å². The molecule has 0 aliphatic carbocycles. The van der Waals surface area contributed by atoms with Crippen LogP contribution in [0.15, 0.2) is 67.5 Å². The van der Waals surface area contributed by atoms with Gasteiger partial charge in [-0.15, -0.1) is 0 Å². The molecule has 1 spiro atoms. The summed E-state index contributed by atoms with van der Waals surface area (Å²) in [5.41, 5.74) is 3.97. The number of nitrogens with zero attached hydrogens (tertiary/aromatic N) is 5. The zero-order chi connectivity index (χ0) is 34.0. The van der Waals surface area contributed by atoms with E-state index in [1.54, 1.807) is 0 Å². The first kappa shape index (κ1) is 36.5. The van der Waals surface area contributed by atoms with Gasteiger partial charge in [0, 0.05) is 74.8 Å². The quantitative estimate of drug-likeness (QED) is 0.339. The van der Waals surface area contributed by atoms with E-state index in [1.165, 1.54) is 24.9 Å². The molecule has 0 bridgehead atoms. The van der Waals surface area contributed by atoms with Crippen molar-refractivity contribution in [2.75, 3.05) is 68.7 Å². The lowest BCUT2D eigenvalue weighted by Crippen LogP contribution is -2.53. The van der Waals surface area contributed by atoms with E-state index in [9.17, 15) is 14.4 Å². The molecule has 1 atom stereocenters. The third-order valence-electron chi connectivity index (χ3n) is 10.1. The van der Waals surface area contributed by atoms with Crippen LogP contribution >= 0.6 is 11.6 Å². The molecule has 47 heavy (non-hydrogen) atoms. The SMILES string of the molecule is C=CC(=C)F.CC.CC1CC2(CCN(c3ccc(C(=O)N4CCN(C5CCNCC5)CC4)cc3)CC2)CN1c1ccc(C#N)c(Cl)c1. The van der Waals surface area contributed by atoms with Gasteiger partial charge in [0.2, 0.25) is 0 Å². The van der Waals surface area contributed by atoms with Gasteiger partial charge in [-0.2, -0.15) is 5.26 Å². The van der Waals surface area contributed by atoms with Crippen LogP contribution in [0.3, 0.4) is 0 Å². The summed E-state index contributed by atoms with van der Waals surface area (Å²) in [5, 5.41) is 13.2. The monoisotopic (exact) mass is 662 g/mol. The second kappa shape index (κ2) is 17.1. The second-order valence-electron chi connectivity index (χ2n) is 13.0. The van der Waals surface area contributed by atoms with E-state index in [1.807, 2.05) is 49.1 Å². The third-order valence-corrected chi connectivity index (χ3v) is 10.4.